The fourth-order valence-corrected chi connectivity index (χ4v) is 3.48. The van der Waals surface area contributed by atoms with Gasteiger partial charge in [-0.25, -0.2) is 4.79 Å². The minimum atomic E-state index is -0.440. The van der Waals surface area contributed by atoms with Crippen LogP contribution in [0.25, 0.3) is 0 Å². The second kappa shape index (κ2) is 7.27. The molecule has 0 spiro atoms. The smallest absolute Gasteiger partial charge is 0.410 e. The van der Waals surface area contributed by atoms with E-state index in [1.54, 1.807) is 23.9 Å². The lowest BCUT2D eigenvalue weighted by atomic mass is 10.0. The number of piperidine rings is 1. The van der Waals surface area contributed by atoms with Gasteiger partial charge in [0.15, 0.2) is 0 Å². The number of rotatable bonds is 3. The molecule has 0 aliphatic carbocycles. The van der Waals surface area contributed by atoms with E-state index in [2.05, 4.69) is 0 Å². The molecule has 0 aromatic heterocycles. The van der Waals surface area contributed by atoms with Crippen molar-refractivity contribution in [2.75, 3.05) is 18.8 Å². The second-order valence-corrected chi connectivity index (χ2v) is 7.83. The van der Waals surface area contributed by atoms with Crippen molar-refractivity contribution >= 4 is 17.9 Å². The molecule has 122 valence electrons. The molecule has 4 nitrogen and oxygen atoms in total. The number of benzene rings is 1. The third-order valence-electron chi connectivity index (χ3n) is 3.49. The Kier molecular flexibility index (Phi) is 5.62. The van der Waals surface area contributed by atoms with Crippen LogP contribution in [0.4, 0.5) is 4.79 Å². The number of aromatic hydroxyl groups is 1. The Morgan fingerprint density at radius 2 is 2.05 bits per heavy atom. The van der Waals surface area contributed by atoms with Gasteiger partial charge in [0.05, 0.1) is 0 Å². The van der Waals surface area contributed by atoms with Crippen molar-refractivity contribution < 1.29 is 14.6 Å². The molecule has 1 aliphatic rings. The fraction of sp³-hybridized carbons (Fsp3) is 0.588. The Labute approximate surface area is 136 Å². The first-order valence-corrected chi connectivity index (χ1v) is 8.72. The Bertz CT molecular complexity index is 496. The summed E-state index contributed by atoms with van der Waals surface area (Å²) in [5.41, 5.74) is -0.440. The highest BCUT2D eigenvalue weighted by atomic mass is 32.2. The zero-order valence-electron chi connectivity index (χ0n) is 13.5. The van der Waals surface area contributed by atoms with Crippen molar-refractivity contribution in [2.24, 2.45) is 5.92 Å². The van der Waals surface area contributed by atoms with Crippen LogP contribution < -0.4 is 0 Å². The molecule has 0 saturated carbocycles. The number of thioether (sulfide) groups is 1. The van der Waals surface area contributed by atoms with Gasteiger partial charge in [-0.15, -0.1) is 11.8 Å². The van der Waals surface area contributed by atoms with Gasteiger partial charge in [-0.3, -0.25) is 0 Å². The van der Waals surface area contributed by atoms with Gasteiger partial charge in [0.2, 0.25) is 0 Å². The molecule has 2 rings (SSSR count). The molecule has 1 saturated heterocycles. The number of phenolic OH excluding ortho intramolecular Hbond substituents is 1. The molecule has 1 atom stereocenters. The molecule has 22 heavy (non-hydrogen) atoms. The first kappa shape index (κ1) is 17.0. The zero-order chi connectivity index (χ0) is 16.2. The number of phenols is 1. The van der Waals surface area contributed by atoms with Crippen molar-refractivity contribution in [3.05, 3.63) is 24.3 Å². The van der Waals surface area contributed by atoms with E-state index in [4.69, 9.17) is 4.74 Å². The predicted octanol–water partition coefficient (Wildman–Crippen LogP) is 4.13. The van der Waals surface area contributed by atoms with Crippen LogP contribution in [0.15, 0.2) is 29.2 Å². The summed E-state index contributed by atoms with van der Waals surface area (Å²) in [6.07, 6.45) is 1.97. The fourth-order valence-electron chi connectivity index (χ4n) is 2.45. The summed E-state index contributed by atoms with van der Waals surface area (Å²) in [5.74, 6) is 1.75. The Balaban J connectivity index is 1.82. The van der Waals surface area contributed by atoms with Crippen molar-refractivity contribution in [1.82, 2.24) is 4.90 Å². The molecule has 1 aromatic carbocycles. The molecule has 0 bridgehead atoms. The summed E-state index contributed by atoms with van der Waals surface area (Å²) < 4.78 is 5.45. The highest BCUT2D eigenvalue weighted by Crippen LogP contribution is 2.27. The van der Waals surface area contributed by atoms with Gasteiger partial charge in [0.1, 0.15) is 11.4 Å². The van der Waals surface area contributed by atoms with Crippen LogP contribution in [-0.4, -0.2) is 40.5 Å². The van der Waals surface area contributed by atoms with Crippen LogP contribution in [0.2, 0.25) is 0 Å². The van der Waals surface area contributed by atoms with Crippen LogP contribution in [0.5, 0.6) is 5.75 Å². The number of carbonyl (C=O) groups excluding carboxylic acids is 1. The highest BCUT2D eigenvalue weighted by Gasteiger charge is 2.27. The summed E-state index contributed by atoms with van der Waals surface area (Å²) in [6, 6.07) is 7.26. The van der Waals surface area contributed by atoms with Gasteiger partial charge >= 0.3 is 6.09 Å². The number of nitrogens with zero attached hydrogens (tertiary/aromatic N) is 1. The number of amides is 1. The number of likely N-dealkylation sites (tertiary alicyclic amines) is 1. The molecule has 1 N–H and O–H groups in total. The number of hydrogen-bond donors (Lipinski definition) is 1. The lowest BCUT2D eigenvalue weighted by Crippen LogP contribution is -2.43. The van der Waals surface area contributed by atoms with E-state index >= 15 is 0 Å². The molecule has 1 fully saturated rings. The molecule has 1 amide bonds. The largest absolute Gasteiger partial charge is 0.508 e. The van der Waals surface area contributed by atoms with Crippen LogP contribution in [0.1, 0.15) is 33.6 Å². The molecule has 0 radical (unpaired) electrons. The average molecular weight is 323 g/mol. The second-order valence-electron chi connectivity index (χ2n) is 6.74. The highest BCUT2D eigenvalue weighted by molar-refractivity contribution is 7.99. The van der Waals surface area contributed by atoms with Crippen molar-refractivity contribution in [1.29, 1.82) is 0 Å². The van der Waals surface area contributed by atoms with E-state index in [9.17, 15) is 9.90 Å². The van der Waals surface area contributed by atoms with Crippen molar-refractivity contribution in [3.8, 4) is 5.75 Å². The molecule has 1 aliphatic heterocycles. The van der Waals surface area contributed by atoms with Gasteiger partial charge < -0.3 is 14.7 Å². The van der Waals surface area contributed by atoms with Crippen LogP contribution in [-0.2, 0) is 4.74 Å². The molecule has 1 heterocycles. The van der Waals surface area contributed by atoms with Crippen molar-refractivity contribution in [2.45, 2.75) is 44.1 Å². The van der Waals surface area contributed by atoms with Crippen LogP contribution >= 0.6 is 11.8 Å². The van der Waals surface area contributed by atoms with Gasteiger partial charge in [-0.2, -0.15) is 0 Å². The summed E-state index contributed by atoms with van der Waals surface area (Å²) in [5, 5.41) is 9.29. The van der Waals surface area contributed by atoms with Crippen LogP contribution in [0, 0.1) is 5.92 Å². The summed E-state index contributed by atoms with van der Waals surface area (Å²) >= 11 is 1.77. The minimum Gasteiger partial charge on any atom is -0.508 e. The monoisotopic (exact) mass is 323 g/mol. The molecule has 1 unspecified atom stereocenters. The number of hydrogen-bond acceptors (Lipinski definition) is 4. The van der Waals surface area contributed by atoms with Gasteiger partial charge in [-0.05, 0) is 63.8 Å². The van der Waals surface area contributed by atoms with E-state index in [1.165, 1.54) is 0 Å². The topological polar surface area (TPSA) is 49.8 Å². The quantitative estimate of drug-likeness (QED) is 0.850. The average Bonchev–Trinajstić information content (AvgIpc) is 2.45. The summed E-state index contributed by atoms with van der Waals surface area (Å²) in [7, 11) is 0. The Morgan fingerprint density at radius 1 is 1.36 bits per heavy atom. The third-order valence-corrected chi connectivity index (χ3v) is 4.74. The van der Waals surface area contributed by atoms with E-state index in [0.717, 1.165) is 36.6 Å². The lowest BCUT2D eigenvalue weighted by molar-refractivity contribution is 0.0177. The van der Waals surface area contributed by atoms with Gasteiger partial charge in [0, 0.05) is 23.7 Å². The normalized spacial score (nSPS) is 19.0. The maximum Gasteiger partial charge on any atom is 0.410 e. The van der Waals surface area contributed by atoms with Crippen LogP contribution in [0.3, 0.4) is 0 Å². The maximum absolute atomic E-state index is 12.1. The first-order chi connectivity index (χ1) is 10.3. The predicted molar refractivity (Wildman–Crippen MR) is 89.4 cm³/mol. The van der Waals surface area contributed by atoms with Gasteiger partial charge in [-0.1, -0.05) is 0 Å². The Hall–Kier alpha value is -1.36. The SMILES string of the molecule is CC(C)(C)OC(=O)N1CCCC(CSc2ccc(O)cc2)C1. The number of ether oxygens (including phenoxy) is 1. The van der Waals surface area contributed by atoms with E-state index in [0.29, 0.717) is 5.92 Å². The van der Waals surface area contributed by atoms with Crippen molar-refractivity contribution in [3.63, 3.8) is 0 Å². The number of carbonyl (C=O) groups is 1. The third kappa shape index (κ3) is 5.44. The molecule has 5 heteroatoms. The zero-order valence-corrected chi connectivity index (χ0v) is 14.4. The molecular weight excluding hydrogens is 298 g/mol. The lowest BCUT2D eigenvalue weighted by Gasteiger charge is -2.34. The first-order valence-electron chi connectivity index (χ1n) is 7.73. The molecular formula is C17H25NO3S. The summed E-state index contributed by atoms with van der Waals surface area (Å²) in [6.45, 7) is 7.24. The van der Waals surface area contributed by atoms with E-state index in [1.807, 2.05) is 37.8 Å². The minimum absolute atomic E-state index is 0.202. The maximum atomic E-state index is 12.1. The van der Waals surface area contributed by atoms with E-state index in [-0.39, 0.29) is 11.8 Å². The van der Waals surface area contributed by atoms with Gasteiger partial charge in [0.25, 0.3) is 0 Å². The van der Waals surface area contributed by atoms with E-state index < -0.39 is 5.60 Å². The Morgan fingerprint density at radius 3 is 2.68 bits per heavy atom. The summed E-state index contributed by atoms with van der Waals surface area (Å²) in [4.78, 5) is 15.1. The molecule has 1 aromatic rings. The standard InChI is InChI=1S/C17H25NO3S/c1-17(2,3)21-16(20)18-10-4-5-13(11-18)12-22-15-8-6-14(19)7-9-15/h6-9,13,19H,4-5,10-12H2,1-3H3.